The number of rotatable bonds is 4. The van der Waals surface area contributed by atoms with E-state index in [9.17, 15) is 0 Å². The van der Waals surface area contributed by atoms with Crippen LogP contribution in [0.15, 0.2) is 28.7 Å². The molecule has 1 saturated carbocycles. The first-order valence-electron chi connectivity index (χ1n) is 6.97. The molecular weight excluding hydrogens is 222 g/mol. The Bertz CT molecular complexity index is 539. The number of hydrogen-bond acceptors (Lipinski definition) is 2. The molecule has 1 N–H and O–H groups in total. The molecule has 3 rings (SSSR count). The Morgan fingerprint density at radius 3 is 2.78 bits per heavy atom. The summed E-state index contributed by atoms with van der Waals surface area (Å²) in [6, 6.07) is 8.58. The Morgan fingerprint density at radius 1 is 1.33 bits per heavy atom. The number of hydrogen-bond donors (Lipinski definition) is 1. The van der Waals surface area contributed by atoms with E-state index in [-0.39, 0.29) is 0 Å². The lowest BCUT2D eigenvalue weighted by Gasteiger charge is -2.27. The monoisotopic (exact) mass is 243 g/mol. The van der Waals surface area contributed by atoms with Gasteiger partial charge >= 0.3 is 0 Å². The van der Waals surface area contributed by atoms with Gasteiger partial charge in [-0.05, 0) is 50.8 Å². The second-order valence-electron chi connectivity index (χ2n) is 5.51. The Hall–Kier alpha value is -1.28. The number of furan rings is 1. The summed E-state index contributed by atoms with van der Waals surface area (Å²) in [5.41, 5.74) is 2.28. The molecule has 1 aromatic heterocycles. The molecule has 0 amide bonds. The third kappa shape index (κ3) is 2.05. The van der Waals surface area contributed by atoms with Crippen molar-refractivity contribution in [3.63, 3.8) is 0 Å². The predicted molar refractivity (Wildman–Crippen MR) is 74.7 cm³/mol. The molecular formula is C16H21NO. The summed E-state index contributed by atoms with van der Waals surface area (Å²) < 4.78 is 5.98. The van der Waals surface area contributed by atoms with E-state index in [2.05, 4.69) is 31.3 Å². The van der Waals surface area contributed by atoms with Crippen LogP contribution in [-0.2, 0) is 0 Å². The topological polar surface area (TPSA) is 25.2 Å². The van der Waals surface area contributed by atoms with E-state index < -0.39 is 0 Å². The quantitative estimate of drug-likeness (QED) is 0.871. The lowest BCUT2D eigenvalue weighted by molar-refractivity contribution is 0.286. The standard InChI is InChI=1S/C16H21NO/c1-11-14-8-3-4-9-15(14)18-16(11)12(2)17-10-13-6-5-7-13/h3-4,8-9,12-13,17H,5-7,10H2,1-2H3. The van der Waals surface area contributed by atoms with Crippen LogP contribution in [0.25, 0.3) is 11.0 Å². The molecule has 1 aliphatic rings. The minimum absolute atomic E-state index is 0.304. The van der Waals surface area contributed by atoms with Crippen LogP contribution in [0.4, 0.5) is 0 Å². The van der Waals surface area contributed by atoms with Crippen LogP contribution >= 0.6 is 0 Å². The van der Waals surface area contributed by atoms with Gasteiger partial charge in [-0.2, -0.15) is 0 Å². The fraction of sp³-hybridized carbons (Fsp3) is 0.500. The van der Waals surface area contributed by atoms with Gasteiger partial charge in [0.25, 0.3) is 0 Å². The van der Waals surface area contributed by atoms with Gasteiger partial charge < -0.3 is 9.73 Å². The summed E-state index contributed by atoms with van der Waals surface area (Å²) in [6.45, 7) is 5.48. The summed E-state index contributed by atoms with van der Waals surface area (Å²) >= 11 is 0. The molecule has 18 heavy (non-hydrogen) atoms. The van der Waals surface area contributed by atoms with Crippen LogP contribution in [0.5, 0.6) is 0 Å². The van der Waals surface area contributed by atoms with Gasteiger partial charge in [-0.1, -0.05) is 24.6 Å². The van der Waals surface area contributed by atoms with Gasteiger partial charge in [0.2, 0.25) is 0 Å². The second-order valence-corrected chi connectivity index (χ2v) is 5.51. The number of para-hydroxylation sites is 1. The maximum Gasteiger partial charge on any atom is 0.134 e. The van der Waals surface area contributed by atoms with Crippen molar-refractivity contribution in [1.29, 1.82) is 0 Å². The van der Waals surface area contributed by atoms with Crippen LogP contribution < -0.4 is 5.32 Å². The molecule has 2 aromatic rings. The van der Waals surface area contributed by atoms with Crippen molar-refractivity contribution in [1.82, 2.24) is 5.32 Å². The number of nitrogens with one attached hydrogen (secondary N) is 1. The number of benzene rings is 1. The van der Waals surface area contributed by atoms with Crippen molar-refractivity contribution in [2.45, 2.75) is 39.2 Å². The van der Waals surface area contributed by atoms with Crippen LogP contribution in [0.1, 0.15) is 43.6 Å². The van der Waals surface area contributed by atoms with Gasteiger partial charge in [-0.15, -0.1) is 0 Å². The van der Waals surface area contributed by atoms with Gasteiger partial charge in [-0.25, -0.2) is 0 Å². The summed E-state index contributed by atoms with van der Waals surface area (Å²) in [7, 11) is 0. The van der Waals surface area contributed by atoms with E-state index in [1.54, 1.807) is 0 Å². The van der Waals surface area contributed by atoms with E-state index in [1.807, 2.05) is 12.1 Å². The van der Waals surface area contributed by atoms with E-state index in [0.29, 0.717) is 6.04 Å². The molecule has 2 heteroatoms. The smallest absolute Gasteiger partial charge is 0.134 e. The highest BCUT2D eigenvalue weighted by Crippen LogP contribution is 2.30. The lowest BCUT2D eigenvalue weighted by Crippen LogP contribution is -2.29. The molecule has 1 atom stereocenters. The van der Waals surface area contributed by atoms with Crippen molar-refractivity contribution in [3.8, 4) is 0 Å². The van der Waals surface area contributed by atoms with Crippen LogP contribution in [0, 0.1) is 12.8 Å². The average Bonchev–Trinajstić information content (AvgIpc) is 2.65. The SMILES string of the molecule is Cc1c(C(C)NCC2CCC2)oc2ccccc12. The summed E-state index contributed by atoms with van der Waals surface area (Å²) in [4.78, 5) is 0. The van der Waals surface area contributed by atoms with Gasteiger partial charge in [0.05, 0.1) is 6.04 Å². The zero-order chi connectivity index (χ0) is 12.5. The fourth-order valence-corrected chi connectivity index (χ4v) is 2.74. The fourth-order valence-electron chi connectivity index (χ4n) is 2.74. The van der Waals surface area contributed by atoms with Gasteiger partial charge in [0, 0.05) is 5.39 Å². The van der Waals surface area contributed by atoms with E-state index in [4.69, 9.17) is 4.42 Å². The Labute approximate surface area is 108 Å². The zero-order valence-electron chi connectivity index (χ0n) is 11.2. The van der Waals surface area contributed by atoms with Gasteiger partial charge in [0.1, 0.15) is 11.3 Å². The minimum atomic E-state index is 0.304. The maximum absolute atomic E-state index is 5.98. The van der Waals surface area contributed by atoms with Crippen molar-refractivity contribution in [3.05, 3.63) is 35.6 Å². The number of aryl methyl sites for hydroxylation is 1. The first-order valence-corrected chi connectivity index (χ1v) is 6.97. The highest BCUT2D eigenvalue weighted by atomic mass is 16.3. The largest absolute Gasteiger partial charge is 0.459 e. The molecule has 0 bridgehead atoms. The molecule has 0 radical (unpaired) electrons. The normalized spacial score (nSPS) is 17.9. The summed E-state index contributed by atoms with van der Waals surface area (Å²) in [5, 5.41) is 4.85. The van der Waals surface area contributed by atoms with E-state index >= 15 is 0 Å². The van der Waals surface area contributed by atoms with Crippen molar-refractivity contribution >= 4 is 11.0 Å². The van der Waals surface area contributed by atoms with Crippen molar-refractivity contribution in [2.75, 3.05) is 6.54 Å². The van der Waals surface area contributed by atoms with Crippen LogP contribution in [0.2, 0.25) is 0 Å². The summed E-state index contributed by atoms with van der Waals surface area (Å²) in [6.07, 6.45) is 4.18. The molecule has 1 aromatic carbocycles. The minimum Gasteiger partial charge on any atom is -0.459 e. The summed E-state index contributed by atoms with van der Waals surface area (Å²) in [5.74, 6) is 1.98. The first kappa shape index (κ1) is 11.8. The van der Waals surface area contributed by atoms with Crippen molar-refractivity contribution < 1.29 is 4.42 Å². The first-order chi connectivity index (χ1) is 8.75. The zero-order valence-corrected chi connectivity index (χ0v) is 11.2. The highest BCUT2D eigenvalue weighted by molar-refractivity contribution is 5.82. The Balaban J connectivity index is 1.77. The third-order valence-corrected chi connectivity index (χ3v) is 4.21. The Morgan fingerprint density at radius 2 is 2.11 bits per heavy atom. The molecule has 1 aliphatic carbocycles. The molecule has 0 aliphatic heterocycles. The number of fused-ring (bicyclic) bond motifs is 1. The van der Waals surface area contributed by atoms with Gasteiger partial charge in [0.15, 0.2) is 0 Å². The Kier molecular flexibility index (Phi) is 3.13. The molecule has 0 spiro atoms. The van der Waals surface area contributed by atoms with Crippen LogP contribution in [-0.4, -0.2) is 6.54 Å². The molecule has 1 heterocycles. The van der Waals surface area contributed by atoms with Crippen LogP contribution in [0.3, 0.4) is 0 Å². The maximum atomic E-state index is 5.98. The predicted octanol–water partition coefficient (Wildman–Crippen LogP) is 4.19. The van der Waals surface area contributed by atoms with Gasteiger partial charge in [-0.3, -0.25) is 0 Å². The lowest BCUT2D eigenvalue weighted by atomic mass is 9.85. The molecule has 0 saturated heterocycles. The third-order valence-electron chi connectivity index (χ3n) is 4.21. The molecule has 2 nitrogen and oxygen atoms in total. The average molecular weight is 243 g/mol. The van der Waals surface area contributed by atoms with Crippen molar-refractivity contribution in [2.24, 2.45) is 5.92 Å². The molecule has 1 unspecified atom stereocenters. The molecule has 1 fully saturated rings. The molecule has 96 valence electrons. The highest BCUT2D eigenvalue weighted by Gasteiger charge is 2.20. The van der Waals surface area contributed by atoms with E-state index in [0.717, 1.165) is 23.8 Å². The second kappa shape index (κ2) is 4.77. The van der Waals surface area contributed by atoms with E-state index in [1.165, 1.54) is 30.2 Å².